The topological polar surface area (TPSA) is 45.7 Å². The number of hydrogen-bond acceptors (Lipinski definition) is 4. The first kappa shape index (κ1) is 18.4. The SMILES string of the molecule is CCOc1ccc(CN2CCN(C(=O)CCc3cccnc3)CC2)cc1. The average molecular weight is 353 g/mol. The van der Waals surface area contributed by atoms with Gasteiger partial charge in [-0.05, 0) is 42.7 Å². The third kappa shape index (κ3) is 5.30. The Bertz CT molecular complexity index is 680. The van der Waals surface area contributed by atoms with Crippen LogP contribution in [0.2, 0.25) is 0 Å². The molecule has 1 aromatic heterocycles. The van der Waals surface area contributed by atoms with Crippen LogP contribution in [0.1, 0.15) is 24.5 Å². The normalized spacial score (nSPS) is 15.0. The summed E-state index contributed by atoms with van der Waals surface area (Å²) in [6.07, 6.45) is 4.92. The van der Waals surface area contributed by atoms with E-state index in [1.807, 2.05) is 42.3 Å². The summed E-state index contributed by atoms with van der Waals surface area (Å²) in [5.41, 5.74) is 2.40. The molecule has 0 radical (unpaired) electrons. The molecule has 1 aliphatic rings. The summed E-state index contributed by atoms with van der Waals surface area (Å²) in [4.78, 5) is 20.9. The number of amides is 1. The highest BCUT2D eigenvalue weighted by molar-refractivity contribution is 5.76. The molecule has 0 N–H and O–H groups in total. The zero-order valence-corrected chi connectivity index (χ0v) is 15.4. The van der Waals surface area contributed by atoms with E-state index in [0.717, 1.165) is 50.5 Å². The zero-order chi connectivity index (χ0) is 18.2. The number of carbonyl (C=O) groups excluding carboxylic acids is 1. The predicted octanol–water partition coefficient (Wildman–Crippen LogP) is 2.76. The molecule has 0 bridgehead atoms. The van der Waals surface area contributed by atoms with Crippen molar-refractivity contribution in [2.75, 3.05) is 32.8 Å². The standard InChI is InChI=1S/C21H27N3O2/c1-2-26-20-8-5-19(6-9-20)17-23-12-14-24(15-13-23)21(25)10-7-18-4-3-11-22-16-18/h3-6,8-9,11,16H,2,7,10,12-15,17H2,1H3. The van der Waals surface area contributed by atoms with Crippen molar-refractivity contribution in [2.45, 2.75) is 26.3 Å². The van der Waals surface area contributed by atoms with Gasteiger partial charge in [-0.2, -0.15) is 0 Å². The highest BCUT2D eigenvalue weighted by atomic mass is 16.5. The van der Waals surface area contributed by atoms with Crippen LogP contribution < -0.4 is 4.74 Å². The second-order valence-electron chi connectivity index (χ2n) is 6.60. The van der Waals surface area contributed by atoms with Crippen LogP contribution in [0.3, 0.4) is 0 Å². The lowest BCUT2D eigenvalue weighted by Crippen LogP contribution is -2.48. The van der Waals surface area contributed by atoms with Crippen LogP contribution in [0.4, 0.5) is 0 Å². The minimum absolute atomic E-state index is 0.245. The van der Waals surface area contributed by atoms with Crippen LogP contribution in [-0.2, 0) is 17.8 Å². The van der Waals surface area contributed by atoms with Gasteiger partial charge in [0.25, 0.3) is 0 Å². The fraction of sp³-hybridized carbons (Fsp3) is 0.429. The Kier molecular flexibility index (Phi) is 6.61. The van der Waals surface area contributed by atoms with E-state index in [1.165, 1.54) is 5.56 Å². The number of benzene rings is 1. The molecule has 1 aliphatic heterocycles. The minimum Gasteiger partial charge on any atom is -0.494 e. The van der Waals surface area contributed by atoms with Crippen molar-refractivity contribution in [3.8, 4) is 5.75 Å². The molecule has 1 aromatic carbocycles. The van der Waals surface area contributed by atoms with Gasteiger partial charge in [0.2, 0.25) is 5.91 Å². The lowest BCUT2D eigenvalue weighted by atomic mass is 10.1. The molecule has 0 unspecified atom stereocenters. The van der Waals surface area contributed by atoms with Crippen molar-refractivity contribution in [1.82, 2.24) is 14.8 Å². The summed E-state index contributed by atoms with van der Waals surface area (Å²) in [5, 5.41) is 0. The van der Waals surface area contributed by atoms with Crippen molar-refractivity contribution in [2.24, 2.45) is 0 Å². The second kappa shape index (κ2) is 9.34. The lowest BCUT2D eigenvalue weighted by molar-refractivity contribution is -0.133. The van der Waals surface area contributed by atoms with Gasteiger partial charge < -0.3 is 9.64 Å². The van der Waals surface area contributed by atoms with Gasteiger partial charge >= 0.3 is 0 Å². The molecule has 2 aromatic rings. The zero-order valence-electron chi connectivity index (χ0n) is 15.4. The first-order valence-corrected chi connectivity index (χ1v) is 9.35. The summed E-state index contributed by atoms with van der Waals surface area (Å²) in [6, 6.07) is 12.2. The van der Waals surface area contributed by atoms with Gasteiger partial charge in [-0.3, -0.25) is 14.7 Å². The monoisotopic (exact) mass is 353 g/mol. The fourth-order valence-electron chi connectivity index (χ4n) is 3.23. The number of aryl methyl sites for hydroxylation is 1. The Morgan fingerprint density at radius 3 is 2.50 bits per heavy atom. The summed E-state index contributed by atoms with van der Waals surface area (Å²) in [7, 11) is 0. The highest BCUT2D eigenvalue weighted by Crippen LogP contribution is 2.15. The van der Waals surface area contributed by atoms with Crippen LogP contribution in [0.5, 0.6) is 5.75 Å². The number of carbonyl (C=O) groups is 1. The van der Waals surface area contributed by atoms with E-state index in [2.05, 4.69) is 22.0 Å². The van der Waals surface area contributed by atoms with Crippen molar-refractivity contribution in [3.05, 3.63) is 59.9 Å². The van der Waals surface area contributed by atoms with Gasteiger partial charge in [-0.1, -0.05) is 18.2 Å². The number of nitrogens with zero attached hydrogens (tertiary/aromatic N) is 3. The number of ether oxygens (including phenoxy) is 1. The number of piperazine rings is 1. The molecule has 3 rings (SSSR count). The van der Waals surface area contributed by atoms with E-state index >= 15 is 0 Å². The Morgan fingerprint density at radius 1 is 1.08 bits per heavy atom. The summed E-state index contributed by atoms with van der Waals surface area (Å²) >= 11 is 0. The number of hydrogen-bond donors (Lipinski definition) is 0. The molecule has 26 heavy (non-hydrogen) atoms. The number of pyridine rings is 1. The molecule has 5 nitrogen and oxygen atoms in total. The largest absolute Gasteiger partial charge is 0.494 e. The maximum atomic E-state index is 12.4. The van der Waals surface area contributed by atoms with Crippen LogP contribution in [-0.4, -0.2) is 53.5 Å². The smallest absolute Gasteiger partial charge is 0.222 e. The number of rotatable bonds is 7. The molecular formula is C21H27N3O2. The Labute approximate surface area is 155 Å². The highest BCUT2D eigenvalue weighted by Gasteiger charge is 2.20. The Morgan fingerprint density at radius 2 is 1.85 bits per heavy atom. The van der Waals surface area contributed by atoms with Crippen molar-refractivity contribution in [3.63, 3.8) is 0 Å². The molecule has 138 valence electrons. The second-order valence-corrected chi connectivity index (χ2v) is 6.60. The predicted molar refractivity (Wildman–Crippen MR) is 102 cm³/mol. The van der Waals surface area contributed by atoms with Gasteiger partial charge in [0, 0.05) is 51.5 Å². The molecular weight excluding hydrogens is 326 g/mol. The fourth-order valence-corrected chi connectivity index (χ4v) is 3.23. The first-order valence-electron chi connectivity index (χ1n) is 9.35. The maximum Gasteiger partial charge on any atom is 0.222 e. The summed E-state index contributed by atoms with van der Waals surface area (Å²) < 4.78 is 5.48. The maximum absolute atomic E-state index is 12.4. The van der Waals surface area contributed by atoms with Crippen molar-refractivity contribution >= 4 is 5.91 Å². The Balaban J connectivity index is 1.41. The van der Waals surface area contributed by atoms with Gasteiger partial charge in [0.15, 0.2) is 0 Å². The van der Waals surface area contributed by atoms with E-state index in [9.17, 15) is 4.79 Å². The van der Waals surface area contributed by atoms with Gasteiger partial charge in [0.05, 0.1) is 6.61 Å². The lowest BCUT2D eigenvalue weighted by Gasteiger charge is -2.34. The van der Waals surface area contributed by atoms with Crippen LogP contribution in [0.25, 0.3) is 0 Å². The van der Waals surface area contributed by atoms with Crippen molar-refractivity contribution < 1.29 is 9.53 Å². The summed E-state index contributed by atoms with van der Waals surface area (Å²) in [5.74, 6) is 1.16. The molecule has 0 aliphatic carbocycles. The van der Waals surface area contributed by atoms with E-state index in [0.29, 0.717) is 13.0 Å². The first-order chi connectivity index (χ1) is 12.7. The van der Waals surface area contributed by atoms with Crippen LogP contribution in [0.15, 0.2) is 48.8 Å². The van der Waals surface area contributed by atoms with E-state index < -0.39 is 0 Å². The van der Waals surface area contributed by atoms with Crippen LogP contribution >= 0.6 is 0 Å². The molecule has 0 saturated carbocycles. The van der Waals surface area contributed by atoms with E-state index in [4.69, 9.17) is 4.74 Å². The van der Waals surface area contributed by atoms with Gasteiger partial charge in [0.1, 0.15) is 5.75 Å². The molecule has 0 atom stereocenters. The Hall–Kier alpha value is -2.40. The quantitative estimate of drug-likeness (QED) is 0.768. The van der Waals surface area contributed by atoms with Crippen molar-refractivity contribution in [1.29, 1.82) is 0 Å². The third-order valence-corrected chi connectivity index (χ3v) is 4.72. The number of aromatic nitrogens is 1. The van der Waals surface area contributed by atoms with Crippen LogP contribution in [0, 0.1) is 0 Å². The summed E-state index contributed by atoms with van der Waals surface area (Å²) in [6.45, 7) is 7.06. The molecule has 1 fully saturated rings. The minimum atomic E-state index is 0.245. The molecule has 0 spiro atoms. The molecule has 1 amide bonds. The average Bonchev–Trinajstić information content (AvgIpc) is 2.69. The van der Waals surface area contributed by atoms with E-state index in [1.54, 1.807) is 6.20 Å². The third-order valence-electron chi connectivity index (χ3n) is 4.72. The van der Waals surface area contributed by atoms with E-state index in [-0.39, 0.29) is 5.91 Å². The van der Waals surface area contributed by atoms with Gasteiger partial charge in [-0.15, -0.1) is 0 Å². The van der Waals surface area contributed by atoms with Gasteiger partial charge in [-0.25, -0.2) is 0 Å². The molecule has 2 heterocycles. The molecule has 1 saturated heterocycles. The molecule has 5 heteroatoms.